The normalized spacial score (nSPS) is 15.6. The summed E-state index contributed by atoms with van der Waals surface area (Å²) in [5.41, 5.74) is -0.741. The predicted octanol–water partition coefficient (Wildman–Crippen LogP) is 1.63. The van der Waals surface area contributed by atoms with Crippen LogP contribution in [0.2, 0.25) is 0 Å². The van der Waals surface area contributed by atoms with E-state index in [0.29, 0.717) is 6.42 Å². The van der Waals surface area contributed by atoms with Gasteiger partial charge in [-0.25, -0.2) is 0 Å². The molecule has 0 saturated heterocycles. The second kappa shape index (κ2) is 5.14. The molecule has 2 N–H and O–H groups in total. The highest BCUT2D eigenvalue weighted by Gasteiger charge is 2.29. The van der Waals surface area contributed by atoms with E-state index in [4.69, 9.17) is 5.11 Å². The molecule has 3 heteroatoms. The van der Waals surface area contributed by atoms with Crippen molar-refractivity contribution in [1.29, 1.82) is 0 Å². The summed E-state index contributed by atoms with van der Waals surface area (Å²) >= 11 is 0. The lowest BCUT2D eigenvalue weighted by Gasteiger charge is -2.23. The second-order valence-electron chi connectivity index (χ2n) is 3.34. The minimum absolute atomic E-state index is 0.701. The summed E-state index contributed by atoms with van der Waals surface area (Å²) < 4.78 is 0. The van der Waals surface area contributed by atoms with Crippen LogP contribution in [0.3, 0.4) is 0 Å². The van der Waals surface area contributed by atoms with Gasteiger partial charge in [0.05, 0.1) is 0 Å². The number of aliphatic carboxylic acids is 1. The Morgan fingerprint density at radius 2 is 2.08 bits per heavy atom. The lowest BCUT2D eigenvalue weighted by molar-refractivity contribution is -0.144. The van der Waals surface area contributed by atoms with Gasteiger partial charge in [0.1, 0.15) is 5.54 Å². The Kier molecular flexibility index (Phi) is 4.90. The van der Waals surface area contributed by atoms with E-state index in [1.807, 2.05) is 0 Å². The molecule has 0 aromatic heterocycles. The van der Waals surface area contributed by atoms with Gasteiger partial charge in [0.15, 0.2) is 0 Å². The van der Waals surface area contributed by atoms with Crippen LogP contribution in [0.25, 0.3) is 0 Å². The third-order valence-electron chi connectivity index (χ3n) is 2.30. The fourth-order valence-corrected chi connectivity index (χ4v) is 1.07. The third kappa shape index (κ3) is 3.22. The molecular weight excluding hydrogens is 154 g/mol. The smallest absolute Gasteiger partial charge is 0.323 e. The Morgan fingerprint density at radius 1 is 1.50 bits per heavy atom. The zero-order valence-corrected chi connectivity index (χ0v) is 8.18. The van der Waals surface area contributed by atoms with Gasteiger partial charge in [-0.15, -0.1) is 0 Å². The molecule has 0 amide bonds. The number of carboxylic acids is 1. The summed E-state index contributed by atoms with van der Waals surface area (Å²) in [4.78, 5) is 10.8. The van der Waals surface area contributed by atoms with Gasteiger partial charge in [-0.1, -0.05) is 26.2 Å². The van der Waals surface area contributed by atoms with Crippen molar-refractivity contribution in [3.8, 4) is 0 Å². The molecule has 0 bridgehead atoms. The van der Waals surface area contributed by atoms with Gasteiger partial charge in [-0.2, -0.15) is 0 Å². The van der Waals surface area contributed by atoms with Gasteiger partial charge < -0.3 is 10.4 Å². The molecule has 3 nitrogen and oxygen atoms in total. The Morgan fingerprint density at radius 3 is 2.42 bits per heavy atom. The molecule has 0 radical (unpaired) electrons. The third-order valence-corrected chi connectivity index (χ3v) is 2.30. The van der Waals surface area contributed by atoms with Crippen LogP contribution in [-0.4, -0.2) is 23.7 Å². The first-order valence-corrected chi connectivity index (χ1v) is 4.49. The summed E-state index contributed by atoms with van der Waals surface area (Å²) in [7, 11) is 1.69. The summed E-state index contributed by atoms with van der Waals surface area (Å²) in [6.45, 7) is 3.84. The molecule has 1 unspecified atom stereocenters. The van der Waals surface area contributed by atoms with E-state index >= 15 is 0 Å². The van der Waals surface area contributed by atoms with Crippen LogP contribution in [-0.2, 0) is 4.79 Å². The Hall–Kier alpha value is -0.570. The molecule has 0 rings (SSSR count). The first-order chi connectivity index (χ1) is 5.56. The standard InChI is InChI=1S/C9H19NO2/c1-4-5-6-7-9(2,10-3)8(11)12/h10H,4-7H2,1-3H3,(H,11,12). The highest BCUT2D eigenvalue weighted by atomic mass is 16.4. The monoisotopic (exact) mass is 173 g/mol. The number of carbonyl (C=O) groups is 1. The molecule has 0 heterocycles. The van der Waals surface area contributed by atoms with Crippen molar-refractivity contribution in [3.05, 3.63) is 0 Å². The van der Waals surface area contributed by atoms with Crippen molar-refractivity contribution in [3.63, 3.8) is 0 Å². The summed E-state index contributed by atoms with van der Waals surface area (Å²) in [6.07, 6.45) is 3.90. The number of unbranched alkanes of at least 4 members (excludes halogenated alkanes) is 2. The van der Waals surface area contributed by atoms with Crippen molar-refractivity contribution >= 4 is 5.97 Å². The highest BCUT2D eigenvalue weighted by molar-refractivity contribution is 5.78. The molecule has 0 aliphatic carbocycles. The average Bonchev–Trinajstić information content (AvgIpc) is 2.04. The Labute approximate surface area is 74.2 Å². The van der Waals surface area contributed by atoms with Gasteiger partial charge in [-0.05, 0) is 20.4 Å². The average molecular weight is 173 g/mol. The number of rotatable bonds is 6. The molecule has 1 atom stereocenters. The lowest BCUT2D eigenvalue weighted by atomic mass is 9.95. The number of likely N-dealkylation sites (N-methyl/N-ethyl adjacent to an activating group) is 1. The molecule has 0 aliphatic heterocycles. The molecule has 0 spiro atoms. The molecule has 0 aliphatic rings. The molecule has 12 heavy (non-hydrogen) atoms. The molecule has 72 valence electrons. The van der Waals surface area contributed by atoms with Crippen LogP contribution in [0.4, 0.5) is 0 Å². The van der Waals surface area contributed by atoms with Crippen molar-refractivity contribution in [2.75, 3.05) is 7.05 Å². The summed E-state index contributed by atoms with van der Waals surface area (Å²) in [5, 5.41) is 11.7. The van der Waals surface area contributed by atoms with Crippen LogP contribution < -0.4 is 5.32 Å². The molecule has 0 saturated carbocycles. The zero-order chi connectivity index (χ0) is 9.61. The van der Waals surface area contributed by atoms with E-state index in [1.54, 1.807) is 14.0 Å². The van der Waals surface area contributed by atoms with Crippen LogP contribution in [0, 0.1) is 0 Å². The second-order valence-corrected chi connectivity index (χ2v) is 3.34. The minimum Gasteiger partial charge on any atom is -0.480 e. The summed E-state index contributed by atoms with van der Waals surface area (Å²) in [5.74, 6) is -0.763. The van der Waals surface area contributed by atoms with E-state index in [-0.39, 0.29) is 0 Å². The maximum atomic E-state index is 10.8. The maximum absolute atomic E-state index is 10.8. The van der Waals surface area contributed by atoms with E-state index in [2.05, 4.69) is 12.2 Å². The number of nitrogens with one attached hydrogen (secondary N) is 1. The first kappa shape index (κ1) is 11.4. The van der Waals surface area contributed by atoms with Crippen LogP contribution >= 0.6 is 0 Å². The fraction of sp³-hybridized carbons (Fsp3) is 0.889. The van der Waals surface area contributed by atoms with Crippen LogP contribution in [0.15, 0.2) is 0 Å². The van der Waals surface area contributed by atoms with Crippen molar-refractivity contribution in [2.45, 2.75) is 45.1 Å². The van der Waals surface area contributed by atoms with Gasteiger partial charge in [-0.3, -0.25) is 4.79 Å². The van der Waals surface area contributed by atoms with Gasteiger partial charge in [0, 0.05) is 0 Å². The van der Waals surface area contributed by atoms with Crippen molar-refractivity contribution in [1.82, 2.24) is 5.32 Å². The summed E-state index contributed by atoms with van der Waals surface area (Å²) in [6, 6.07) is 0. The minimum atomic E-state index is -0.763. The van der Waals surface area contributed by atoms with Gasteiger partial charge in [0.25, 0.3) is 0 Å². The van der Waals surface area contributed by atoms with Crippen molar-refractivity contribution < 1.29 is 9.90 Å². The quantitative estimate of drug-likeness (QED) is 0.600. The molecule has 0 aromatic rings. The van der Waals surface area contributed by atoms with E-state index < -0.39 is 11.5 Å². The lowest BCUT2D eigenvalue weighted by Crippen LogP contribution is -2.47. The SMILES string of the molecule is CCCCCC(C)(NC)C(=O)O. The predicted molar refractivity (Wildman–Crippen MR) is 49.2 cm³/mol. The molecular formula is C9H19NO2. The van der Waals surface area contributed by atoms with Crippen LogP contribution in [0.5, 0.6) is 0 Å². The van der Waals surface area contributed by atoms with E-state index in [9.17, 15) is 4.79 Å². The zero-order valence-electron chi connectivity index (χ0n) is 8.18. The van der Waals surface area contributed by atoms with Crippen LogP contribution in [0.1, 0.15) is 39.5 Å². The Bertz CT molecular complexity index is 147. The molecule has 0 aromatic carbocycles. The fourth-order valence-electron chi connectivity index (χ4n) is 1.07. The molecule has 0 fully saturated rings. The maximum Gasteiger partial charge on any atom is 0.323 e. The number of hydrogen-bond acceptors (Lipinski definition) is 2. The van der Waals surface area contributed by atoms with Crippen molar-refractivity contribution in [2.24, 2.45) is 0 Å². The topological polar surface area (TPSA) is 49.3 Å². The first-order valence-electron chi connectivity index (χ1n) is 4.49. The highest BCUT2D eigenvalue weighted by Crippen LogP contribution is 2.14. The largest absolute Gasteiger partial charge is 0.480 e. The van der Waals surface area contributed by atoms with Gasteiger partial charge >= 0.3 is 5.97 Å². The van der Waals surface area contributed by atoms with E-state index in [0.717, 1.165) is 19.3 Å². The van der Waals surface area contributed by atoms with E-state index in [1.165, 1.54) is 0 Å². The Balaban J connectivity index is 3.88. The van der Waals surface area contributed by atoms with Gasteiger partial charge in [0.2, 0.25) is 0 Å². The number of carboxylic acid groups (broad SMARTS) is 1. The number of hydrogen-bond donors (Lipinski definition) is 2.